The molecule has 1 fully saturated rings. The van der Waals surface area contributed by atoms with Crippen molar-refractivity contribution in [3.05, 3.63) is 47.4 Å². The van der Waals surface area contributed by atoms with Crippen LogP contribution in [0.15, 0.2) is 30.3 Å². The van der Waals surface area contributed by atoms with E-state index in [1.807, 2.05) is 10.6 Å². The smallest absolute Gasteiger partial charge is 0.158 e. The van der Waals surface area contributed by atoms with Gasteiger partial charge in [-0.15, -0.1) is 0 Å². The third-order valence-electron chi connectivity index (χ3n) is 6.20. The van der Waals surface area contributed by atoms with Crippen molar-refractivity contribution in [1.29, 1.82) is 0 Å². The minimum Gasteiger partial charge on any atom is -0.354 e. The third kappa shape index (κ3) is 3.50. The van der Waals surface area contributed by atoms with Crippen LogP contribution in [-0.4, -0.2) is 52.2 Å². The molecule has 0 bridgehead atoms. The average molecular weight is 394 g/mol. The highest BCUT2D eigenvalue weighted by atomic mass is 19.1. The molecule has 1 aliphatic carbocycles. The standard InChI is InChI=1S/C23H28FN5/c1-2-11-27-12-14-28(15-13-27)23-19-5-3-4-6-20(19)25-22-16-21(26-29(22)23)17-7-9-18(24)10-8-17/h7-10,16H,2-6,11-15H2,1H3. The van der Waals surface area contributed by atoms with Crippen LogP contribution in [0, 0.1) is 5.82 Å². The minimum absolute atomic E-state index is 0.225. The van der Waals surface area contributed by atoms with E-state index in [-0.39, 0.29) is 5.82 Å². The molecule has 0 atom stereocenters. The summed E-state index contributed by atoms with van der Waals surface area (Å²) in [5.41, 5.74) is 5.29. The number of hydrogen-bond acceptors (Lipinski definition) is 4. The van der Waals surface area contributed by atoms with E-state index in [0.29, 0.717) is 0 Å². The van der Waals surface area contributed by atoms with Gasteiger partial charge in [-0.05, 0) is 62.9 Å². The quantitative estimate of drug-likeness (QED) is 0.673. The SMILES string of the molecule is CCCN1CCN(c2c3c(nc4cc(-c5ccc(F)cc5)nn24)CCCC3)CC1. The fourth-order valence-electron chi connectivity index (χ4n) is 4.71. The summed E-state index contributed by atoms with van der Waals surface area (Å²) in [7, 11) is 0. The van der Waals surface area contributed by atoms with Gasteiger partial charge < -0.3 is 4.90 Å². The Labute approximate surface area is 171 Å². The molecule has 29 heavy (non-hydrogen) atoms. The number of aryl methyl sites for hydroxylation is 1. The maximum Gasteiger partial charge on any atom is 0.158 e. The number of rotatable bonds is 4. The summed E-state index contributed by atoms with van der Waals surface area (Å²) in [6.07, 6.45) is 5.75. The Morgan fingerprint density at radius 1 is 1.00 bits per heavy atom. The number of anilines is 1. The van der Waals surface area contributed by atoms with E-state index in [2.05, 4.69) is 16.7 Å². The summed E-state index contributed by atoms with van der Waals surface area (Å²) >= 11 is 0. The first-order valence-corrected chi connectivity index (χ1v) is 10.9. The Bertz CT molecular complexity index is 1000. The van der Waals surface area contributed by atoms with E-state index < -0.39 is 0 Å². The number of benzene rings is 1. The molecule has 1 aliphatic heterocycles. The summed E-state index contributed by atoms with van der Waals surface area (Å²) < 4.78 is 15.4. The van der Waals surface area contributed by atoms with Gasteiger partial charge in [0, 0.05) is 49.1 Å². The second kappa shape index (κ2) is 7.75. The zero-order valence-corrected chi connectivity index (χ0v) is 17.1. The normalized spacial score (nSPS) is 17.7. The van der Waals surface area contributed by atoms with E-state index in [4.69, 9.17) is 10.1 Å². The van der Waals surface area contributed by atoms with Crippen molar-refractivity contribution >= 4 is 11.5 Å². The molecule has 152 valence electrons. The van der Waals surface area contributed by atoms with Crippen molar-refractivity contribution in [1.82, 2.24) is 19.5 Å². The summed E-state index contributed by atoms with van der Waals surface area (Å²) in [6.45, 7) is 7.66. The van der Waals surface area contributed by atoms with Gasteiger partial charge in [-0.2, -0.15) is 9.61 Å². The summed E-state index contributed by atoms with van der Waals surface area (Å²) in [4.78, 5) is 10.0. The van der Waals surface area contributed by atoms with Crippen LogP contribution >= 0.6 is 0 Å². The van der Waals surface area contributed by atoms with Gasteiger partial charge in [0.1, 0.15) is 11.6 Å². The second-order valence-corrected chi connectivity index (χ2v) is 8.20. The molecule has 0 amide bonds. The van der Waals surface area contributed by atoms with Crippen LogP contribution in [0.4, 0.5) is 10.2 Å². The molecule has 6 heteroatoms. The van der Waals surface area contributed by atoms with E-state index in [1.54, 1.807) is 12.1 Å². The Morgan fingerprint density at radius 3 is 2.52 bits per heavy atom. The van der Waals surface area contributed by atoms with Gasteiger partial charge in [0.05, 0.1) is 5.69 Å². The zero-order chi connectivity index (χ0) is 19.8. The van der Waals surface area contributed by atoms with Crippen molar-refractivity contribution in [3.8, 4) is 11.3 Å². The molecule has 0 saturated carbocycles. The number of fused-ring (bicyclic) bond motifs is 2. The Kier molecular flexibility index (Phi) is 4.96. The van der Waals surface area contributed by atoms with Gasteiger partial charge in [-0.1, -0.05) is 6.92 Å². The molecule has 1 aromatic carbocycles. The predicted molar refractivity (Wildman–Crippen MR) is 114 cm³/mol. The molecular weight excluding hydrogens is 365 g/mol. The molecule has 0 radical (unpaired) electrons. The van der Waals surface area contributed by atoms with E-state index >= 15 is 0 Å². The predicted octanol–water partition coefficient (Wildman–Crippen LogP) is 3.95. The molecular formula is C23H28FN5. The van der Waals surface area contributed by atoms with E-state index in [9.17, 15) is 4.39 Å². The lowest BCUT2D eigenvalue weighted by Crippen LogP contribution is -2.47. The minimum atomic E-state index is -0.225. The van der Waals surface area contributed by atoms with Crippen LogP contribution in [0.2, 0.25) is 0 Å². The molecule has 0 spiro atoms. The molecule has 5 rings (SSSR count). The molecule has 2 aliphatic rings. The van der Waals surface area contributed by atoms with Gasteiger partial charge in [0.15, 0.2) is 5.65 Å². The van der Waals surface area contributed by atoms with Crippen molar-refractivity contribution < 1.29 is 4.39 Å². The Balaban J connectivity index is 1.58. The van der Waals surface area contributed by atoms with E-state index in [1.165, 1.54) is 55.0 Å². The van der Waals surface area contributed by atoms with Crippen molar-refractivity contribution in [2.45, 2.75) is 39.0 Å². The topological polar surface area (TPSA) is 36.7 Å². The molecule has 1 saturated heterocycles. The third-order valence-corrected chi connectivity index (χ3v) is 6.20. The highest BCUT2D eigenvalue weighted by Gasteiger charge is 2.26. The number of aromatic nitrogens is 3. The van der Waals surface area contributed by atoms with Crippen LogP contribution in [0.1, 0.15) is 37.4 Å². The van der Waals surface area contributed by atoms with Crippen LogP contribution in [0.25, 0.3) is 16.9 Å². The monoisotopic (exact) mass is 393 g/mol. The number of nitrogens with zero attached hydrogens (tertiary/aromatic N) is 5. The molecule has 2 aromatic heterocycles. The molecule has 3 heterocycles. The maximum atomic E-state index is 13.4. The highest BCUT2D eigenvalue weighted by molar-refractivity contribution is 5.67. The van der Waals surface area contributed by atoms with Gasteiger partial charge in [0.2, 0.25) is 0 Å². The maximum absolute atomic E-state index is 13.4. The fourth-order valence-corrected chi connectivity index (χ4v) is 4.71. The fraction of sp³-hybridized carbons (Fsp3) is 0.478. The van der Waals surface area contributed by atoms with Crippen LogP contribution in [0.5, 0.6) is 0 Å². The number of hydrogen-bond donors (Lipinski definition) is 0. The lowest BCUT2D eigenvalue weighted by molar-refractivity contribution is 0.257. The highest BCUT2D eigenvalue weighted by Crippen LogP contribution is 2.32. The average Bonchev–Trinajstić information content (AvgIpc) is 3.17. The lowest BCUT2D eigenvalue weighted by atomic mass is 9.96. The Hall–Kier alpha value is -2.47. The molecule has 0 N–H and O–H groups in total. The summed E-state index contributed by atoms with van der Waals surface area (Å²) in [5, 5.41) is 4.93. The molecule has 5 nitrogen and oxygen atoms in total. The zero-order valence-electron chi connectivity index (χ0n) is 17.1. The first-order valence-electron chi connectivity index (χ1n) is 10.9. The largest absolute Gasteiger partial charge is 0.354 e. The van der Waals surface area contributed by atoms with Crippen LogP contribution in [-0.2, 0) is 12.8 Å². The lowest BCUT2D eigenvalue weighted by Gasteiger charge is -2.37. The second-order valence-electron chi connectivity index (χ2n) is 8.20. The number of piperazine rings is 1. The van der Waals surface area contributed by atoms with Crippen molar-refractivity contribution in [3.63, 3.8) is 0 Å². The van der Waals surface area contributed by atoms with Crippen LogP contribution < -0.4 is 4.90 Å². The number of halogens is 1. The van der Waals surface area contributed by atoms with Gasteiger partial charge in [-0.25, -0.2) is 9.37 Å². The first kappa shape index (κ1) is 18.6. The molecule has 0 unspecified atom stereocenters. The first-order chi connectivity index (χ1) is 14.2. The summed E-state index contributed by atoms with van der Waals surface area (Å²) in [5.74, 6) is 1.01. The van der Waals surface area contributed by atoms with Gasteiger partial charge >= 0.3 is 0 Å². The Morgan fingerprint density at radius 2 is 1.76 bits per heavy atom. The van der Waals surface area contributed by atoms with Gasteiger partial charge in [0.25, 0.3) is 0 Å². The molecule has 3 aromatic rings. The van der Waals surface area contributed by atoms with Crippen molar-refractivity contribution in [2.24, 2.45) is 0 Å². The summed E-state index contributed by atoms with van der Waals surface area (Å²) in [6, 6.07) is 8.61. The van der Waals surface area contributed by atoms with Crippen LogP contribution in [0.3, 0.4) is 0 Å². The van der Waals surface area contributed by atoms with E-state index in [0.717, 1.165) is 55.9 Å². The van der Waals surface area contributed by atoms with Crippen molar-refractivity contribution in [2.75, 3.05) is 37.6 Å². The van der Waals surface area contributed by atoms with Gasteiger partial charge in [-0.3, -0.25) is 4.90 Å².